The second kappa shape index (κ2) is 2090. The molecule has 0 fully saturated rings. The SMILES string of the molecule is C=CC=C.[CH-]=O.[CH-]=O.[CH-]=O.[CH-]=O.[Cr+4]. The van der Waals surface area contributed by atoms with Crippen molar-refractivity contribution >= 4 is 27.2 Å². The summed E-state index contributed by atoms with van der Waals surface area (Å²) in [5.74, 6) is 0. The molecular formula is C8H10CrO4. The topological polar surface area (TPSA) is 68.3 Å². The first-order valence-electron chi connectivity index (χ1n) is 2.09. The van der Waals surface area contributed by atoms with E-state index in [1.165, 1.54) is 0 Å². The van der Waals surface area contributed by atoms with Gasteiger partial charge in [0.2, 0.25) is 0 Å². The van der Waals surface area contributed by atoms with Crippen LogP contribution in [0.5, 0.6) is 0 Å². The first-order valence-corrected chi connectivity index (χ1v) is 2.09. The Morgan fingerprint density at radius 3 is 0.692 bits per heavy atom. The molecule has 0 aliphatic carbocycles. The molecule has 0 amide bonds. The predicted octanol–water partition coefficient (Wildman–Crippen LogP) is 0.259. The van der Waals surface area contributed by atoms with Crippen molar-refractivity contribution in [2.75, 3.05) is 0 Å². The zero-order valence-electron chi connectivity index (χ0n) is 6.92. The summed E-state index contributed by atoms with van der Waals surface area (Å²) in [4.78, 5) is 31.0. The molecule has 0 spiro atoms. The molecule has 0 radical (unpaired) electrons. The van der Waals surface area contributed by atoms with E-state index in [2.05, 4.69) is 40.3 Å². The van der Waals surface area contributed by atoms with Crippen LogP contribution < -0.4 is 0 Å². The maximum absolute atomic E-state index is 7.75. The molecule has 0 heterocycles. The molecule has 0 aromatic carbocycles. The molecule has 0 unspecified atom stereocenters. The first-order chi connectivity index (χ1) is 5.91. The Labute approximate surface area is 89.5 Å². The van der Waals surface area contributed by atoms with Gasteiger partial charge in [-0.25, -0.2) is 0 Å². The summed E-state index contributed by atoms with van der Waals surface area (Å²) in [6.07, 6.45) is 3.28. The average Bonchev–Trinajstić information content (AvgIpc) is 2.29. The molecule has 0 aliphatic rings. The number of rotatable bonds is 1. The van der Waals surface area contributed by atoms with E-state index in [1.807, 2.05) is 0 Å². The zero-order valence-corrected chi connectivity index (χ0v) is 8.19. The smallest absolute Gasteiger partial charge is 0.545 e. The average molecular weight is 222 g/mol. The second-order valence-electron chi connectivity index (χ2n) is 0.471. The van der Waals surface area contributed by atoms with E-state index in [-0.39, 0.29) is 17.4 Å². The molecule has 0 N–H and O–H groups in total. The molecule has 5 heteroatoms. The molecule has 0 aromatic rings. The van der Waals surface area contributed by atoms with Crippen LogP contribution in [0.4, 0.5) is 0 Å². The summed E-state index contributed by atoms with van der Waals surface area (Å²) in [7, 11) is 0. The second-order valence-corrected chi connectivity index (χ2v) is 0.471. The summed E-state index contributed by atoms with van der Waals surface area (Å²) < 4.78 is 0. The van der Waals surface area contributed by atoms with Gasteiger partial charge in [-0.15, -0.1) is 0 Å². The van der Waals surface area contributed by atoms with Crippen LogP contribution in [0.25, 0.3) is 0 Å². The maximum atomic E-state index is 7.75. The molecule has 0 saturated carbocycles. The van der Waals surface area contributed by atoms with Gasteiger partial charge in [0, 0.05) is 0 Å². The van der Waals surface area contributed by atoms with E-state index in [4.69, 9.17) is 19.2 Å². The summed E-state index contributed by atoms with van der Waals surface area (Å²) in [6, 6.07) is 0. The molecule has 0 saturated heterocycles. The molecule has 72 valence electrons. The number of carbonyl (C=O) groups excluding carboxylic acids is 4. The van der Waals surface area contributed by atoms with Crippen molar-refractivity contribution in [3.8, 4) is 0 Å². The molecule has 0 bridgehead atoms. The molecule has 0 aliphatic heterocycles. The minimum Gasteiger partial charge on any atom is -0.545 e. The van der Waals surface area contributed by atoms with Gasteiger partial charge in [0.15, 0.2) is 0 Å². The van der Waals surface area contributed by atoms with Gasteiger partial charge < -0.3 is 19.2 Å². The van der Waals surface area contributed by atoms with Gasteiger partial charge in [-0.2, -0.15) is 0 Å². The standard InChI is InChI=1S/C4H6.4CHO.Cr/c1-3-4-2;4*1-2;/h3-4H,1-2H2;4*1H;/q;4*-1;+4. The van der Waals surface area contributed by atoms with Crippen molar-refractivity contribution in [1.29, 1.82) is 0 Å². The summed E-state index contributed by atoms with van der Waals surface area (Å²) in [5.41, 5.74) is 0. The Bertz CT molecular complexity index is 64.5. The predicted molar refractivity (Wildman–Crippen MR) is 47.4 cm³/mol. The molecule has 13 heavy (non-hydrogen) atoms. The first kappa shape index (κ1) is 41.3. The van der Waals surface area contributed by atoms with E-state index in [9.17, 15) is 0 Å². The van der Waals surface area contributed by atoms with Crippen molar-refractivity contribution < 1.29 is 36.5 Å². The minimum atomic E-state index is 0. The normalized spacial score (nSPS) is 2.77. The Balaban J connectivity index is -0.0000000122. The van der Waals surface area contributed by atoms with Crippen LogP contribution >= 0.6 is 0 Å². The minimum absolute atomic E-state index is 0. The van der Waals surface area contributed by atoms with Crippen LogP contribution in [0.2, 0.25) is 0 Å². The Kier molecular flexibility index (Phi) is 6650. The van der Waals surface area contributed by atoms with Gasteiger partial charge in [0.25, 0.3) is 0 Å². The van der Waals surface area contributed by atoms with E-state index in [1.54, 1.807) is 12.2 Å². The third kappa shape index (κ3) is 8540. The molecular weight excluding hydrogens is 212 g/mol. The van der Waals surface area contributed by atoms with Gasteiger partial charge in [-0.05, 0) is 0 Å². The Hall–Kier alpha value is -1.31. The van der Waals surface area contributed by atoms with Gasteiger partial charge in [0.1, 0.15) is 0 Å². The number of hydrogen-bond acceptors (Lipinski definition) is 4. The molecule has 4 nitrogen and oxygen atoms in total. The van der Waals surface area contributed by atoms with Crippen molar-refractivity contribution in [1.82, 2.24) is 0 Å². The van der Waals surface area contributed by atoms with Gasteiger partial charge >= 0.3 is 17.4 Å². The largest absolute Gasteiger partial charge is 4.00 e. The van der Waals surface area contributed by atoms with Crippen LogP contribution in [0.15, 0.2) is 25.3 Å². The fraction of sp³-hybridized carbons (Fsp3) is 0. The maximum Gasteiger partial charge on any atom is 4.00 e. The van der Waals surface area contributed by atoms with E-state index >= 15 is 0 Å². The van der Waals surface area contributed by atoms with Crippen LogP contribution in [0, 0.1) is 0 Å². The third-order valence-corrected chi connectivity index (χ3v) is 0.167. The molecule has 0 atom stereocenters. The monoisotopic (exact) mass is 222 g/mol. The number of hydrogen-bond donors (Lipinski definition) is 0. The summed E-state index contributed by atoms with van der Waals surface area (Å²) in [6.45, 7) is 19.7. The van der Waals surface area contributed by atoms with Crippen LogP contribution in [0.1, 0.15) is 0 Å². The van der Waals surface area contributed by atoms with Crippen LogP contribution in [-0.4, -0.2) is 27.2 Å². The summed E-state index contributed by atoms with van der Waals surface area (Å²) in [5, 5.41) is 0. The quantitative estimate of drug-likeness (QED) is 0.362. The van der Waals surface area contributed by atoms with Crippen molar-refractivity contribution in [3.63, 3.8) is 0 Å². The van der Waals surface area contributed by atoms with E-state index < -0.39 is 0 Å². The fourth-order valence-corrected chi connectivity index (χ4v) is 0. The van der Waals surface area contributed by atoms with Crippen molar-refractivity contribution in [2.45, 2.75) is 0 Å². The van der Waals surface area contributed by atoms with Gasteiger partial charge in [-0.3, -0.25) is 27.2 Å². The Morgan fingerprint density at radius 1 is 0.615 bits per heavy atom. The van der Waals surface area contributed by atoms with Crippen LogP contribution in [-0.2, 0) is 36.5 Å². The Morgan fingerprint density at radius 2 is 0.692 bits per heavy atom. The molecule has 0 rings (SSSR count). The fourth-order valence-electron chi connectivity index (χ4n) is 0. The van der Waals surface area contributed by atoms with E-state index in [0.717, 1.165) is 0 Å². The molecule has 0 aromatic heterocycles. The summed E-state index contributed by atoms with van der Waals surface area (Å²) >= 11 is 0. The zero-order chi connectivity index (χ0) is 11.4. The third-order valence-electron chi connectivity index (χ3n) is 0.167. The number of allylic oxidation sites excluding steroid dienone is 2. The van der Waals surface area contributed by atoms with Crippen molar-refractivity contribution in [2.24, 2.45) is 0 Å². The van der Waals surface area contributed by atoms with E-state index in [0.29, 0.717) is 0 Å². The van der Waals surface area contributed by atoms with Crippen LogP contribution in [0.3, 0.4) is 0 Å². The van der Waals surface area contributed by atoms with Gasteiger partial charge in [0.05, 0.1) is 0 Å². The van der Waals surface area contributed by atoms with Gasteiger partial charge in [-0.1, -0.05) is 25.3 Å². The van der Waals surface area contributed by atoms with Crippen molar-refractivity contribution in [3.05, 3.63) is 25.3 Å².